The maximum absolute atomic E-state index is 13.8. The maximum atomic E-state index is 13.8. The number of amides is 2. The van der Waals surface area contributed by atoms with Crippen molar-refractivity contribution in [2.75, 3.05) is 36.9 Å². The van der Waals surface area contributed by atoms with Crippen LogP contribution in [0.3, 0.4) is 0 Å². The molecule has 0 spiro atoms. The van der Waals surface area contributed by atoms with Crippen LogP contribution in [-0.2, 0) is 26.2 Å². The predicted molar refractivity (Wildman–Crippen MR) is 143 cm³/mol. The van der Waals surface area contributed by atoms with Crippen LogP contribution >= 0.6 is 0 Å². The minimum absolute atomic E-state index is 0.180. The standard InChI is InChI=1S/C27H37N3O6S/c1-5-7-13-28-27(32)23(6-2)29(18-21-10-8-9-20(3)16-21)26(31)19-30(37(4,33)34)22-11-12-24-25(17-22)36-15-14-35-24/h8-12,16-17,23H,5-7,13-15,18-19H2,1-4H3,(H,28,32). The van der Waals surface area contributed by atoms with Crippen LogP contribution in [0, 0.1) is 6.92 Å². The number of nitrogens with zero attached hydrogens (tertiary/aromatic N) is 2. The molecule has 1 N–H and O–H groups in total. The molecule has 0 aromatic heterocycles. The molecule has 9 nitrogen and oxygen atoms in total. The summed E-state index contributed by atoms with van der Waals surface area (Å²) in [6.07, 6.45) is 3.21. The Morgan fingerprint density at radius 1 is 1.05 bits per heavy atom. The minimum Gasteiger partial charge on any atom is -0.486 e. The van der Waals surface area contributed by atoms with Gasteiger partial charge in [-0.15, -0.1) is 0 Å². The van der Waals surface area contributed by atoms with Gasteiger partial charge in [-0.2, -0.15) is 0 Å². The van der Waals surface area contributed by atoms with Gasteiger partial charge in [0.15, 0.2) is 11.5 Å². The summed E-state index contributed by atoms with van der Waals surface area (Å²) in [5.74, 6) is 0.218. The van der Waals surface area contributed by atoms with Crippen LogP contribution < -0.4 is 19.1 Å². The van der Waals surface area contributed by atoms with Gasteiger partial charge in [-0.3, -0.25) is 13.9 Å². The van der Waals surface area contributed by atoms with Crippen LogP contribution in [0.2, 0.25) is 0 Å². The first kappa shape index (κ1) is 28.3. The topological polar surface area (TPSA) is 105 Å². The Morgan fingerprint density at radius 2 is 1.78 bits per heavy atom. The number of hydrogen-bond donors (Lipinski definition) is 1. The van der Waals surface area contributed by atoms with E-state index in [-0.39, 0.29) is 18.1 Å². The first-order valence-corrected chi connectivity index (χ1v) is 14.5. The Kier molecular flexibility index (Phi) is 9.79. The number of aryl methyl sites for hydroxylation is 1. The zero-order valence-electron chi connectivity index (χ0n) is 22.0. The second kappa shape index (κ2) is 12.8. The largest absolute Gasteiger partial charge is 0.486 e. The zero-order valence-corrected chi connectivity index (χ0v) is 22.8. The summed E-state index contributed by atoms with van der Waals surface area (Å²) >= 11 is 0. The fourth-order valence-corrected chi connectivity index (χ4v) is 5.08. The number of carbonyl (C=O) groups excluding carboxylic acids is 2. The molecule has 2 aromatic rings. The molecule has 2 amide bonds. The summed E-state index contributed by atoms with van der Waals surface area (Å²) in [5.41, 5.74) is 2.17. The SMILES string of the molecule is CCCCNC(=O)C(CC)N(Cc1cccc(C)c1)C(=O)CN(c1ccc2c(c1)OCCO2)S(C)(=O)=O. The van der Waals surface area contributed by atoms with Gasteiger partial charge in [-0.05, 0) is 37.5 Å². The molecule has 0 bridgehead atoms. The Morgan fingerprint density at radius 3 is 2.43 bits per heavy atom. The quantitative estimate of drug-likeness (QED) is 0.422. The molecule has 0 saturated heterocycles. The van der Waals surface area contributed by atoms with Crippen molar-refractivity contribution >= 4 is 27.5 Å². The number of carbonyl (C=O) groups is 2. The molecular formula is C27H37N3O6S. The first-order valence-electron chi connectivity index (χ1n) is 12.6. The molecule has 202 valence electrons. The second-order valence-corrected chi connectivity index (χ2v) is 11.1. The molecule has 0 radical (unpaired) electrons. The van der Waals surface area contributed by atoms with Crippen molar-refractivity contribution in [3.63, 3.8) is 0 Å². The summed E-state index contributed by atoms with van der Waals surface area (Å²) in [5, 5.41) is 2.92. The number of hydrogen-bond acceptors (Lipinski definition) is 6. The molecule has 0 saturated carbocycles. The molecule has 1 atom stereocenters. The summed E-state index contributed by atoms with van der Waals surface area (Å²) in [6, 6.07) is 11.7. The number of nitrogens with one attached hydrogen (secondary N) is 1. The molecule has 1 heterocycles. The smallest absolute Gasteiger partial charge is 0.244 e. The van der Waals surface area contributed by atoms with Crippen LogP contribution in [0.15, 0.2) is 42.5 Å². The van der Waals surface area contributed by atoms with Crippen LogP contribution in [0.5, 0.6) is 11.5 Å². The van der Waals surface area contributed by atoms with Gasteiger partial charge in [-0.1, -0.05) is 50.1 Å². The van der Waals surface area contributed by atoms with Gasteiger partial charge in [0.25, 0.3) is 0 Å². The van der Waals surface area contributed by atoms with E-state index in [4.69, 9.17) is 9.47 Å². The number of rotatable bonds is 12. The lowest BCUT2D eigenvalue weighted by Gasteiger charge is -2.33. The van der Waals surface area contributed by atoms with Gasteiger partial charge >= 0.3 is 0 Å². The summed E-state index contributed by atoms with van der Waals surface area (Å²) < 4.78 is 37.8. The predicted octanol–water partition coefficient (Wildman–Crippen LogP) is 3.26. The molecule has 1 aliphatic heterocycles. The third-order valence-electron chi connectivity index (χ3n) is 6.14. The van der Waals surface area contributed by atoms with E-state index in [2.05, 4.69) is 5.32 Å². The Labute approximate surface area is 219 Å². The Hall–Kier alpha value is -3.27. The van der Waals surface area contributed by atoms with Crippen LogP contribution in [0.25, 0.3) is 0 Å². The van der Waals surface area contributed by atoms with E-state index >= 15 is 0 Å². The van der Waals surface area contributed by atoms with Gasteiger partial charge in [-0.25, -0.2) is 8.42 Å². The molecule has 1 unspecified atom stereocenters. The van der Waals surface area contributed by atoms with Crippen molar-refractivity contribution in [3.8, 4) is 11.5 Å². The Balaban J connectivity index is 1.92. The molecule has 1 aliphatic rings. The highest BCUT2D eigenvalue weighted by Gasteiger charge is 2.32. The summed E-state index contributed by atoms with van der Waals surface area (Å²) in [6.45, 7) is 6.84. The number of fused-ring (bicyclic) bond motifs is 1. The molecule has 0 fully saturated rings. The lowest BCUT2D eigenvalue weighted by Crippen LogP contribution is -2.52. The average molecular weight is 532 g/mol. The molecule has 2 aromatic carbocycles. The van der Waals surface area contributed by atoms with Crippen molar-refractivity contribution in [1.82, 2.24) is 10.2 Å². The highest BCUT2D eigenvalue weighted by molar-refractivity contribution is 7.92. The zero-order chi connectivity index (χ0) is 27.0. The van der Waals surface area contributed by atoms with Gasteiger partial charge < -0.3 is 19.7 Å². The van der Waals surface area contributed by atoms with Crippen molar-refractivity contribution < 1.29 is 27.5 Å². The van der Waals surface area contributed by atoms with E-state index in [0.717, 1.165) is 34.5 Å². The van der Waals surface area contributed by atoms with E-state index in [1.54, 1.807) is 18.2 Å². The van der Waals surface area contributed by atoms with Crippen LogP contribution in [0.1, 0.15) is 44.2 Å². The van der Waals surface area contributed by atoms with Gasteiger partial charge in [0, 0.05) is 19.2 Å². The van der Waals surface area contributed by atoms with Crippen molar-refractivity contribution in [3.05, 3.63) is 53.6 Å². The fourth-order valence-electron chi connectivity index (χ4n) is 4.23. The van der Waals surface area contributed by atoms with E-state index in [1.807, 2.05) is 45.0 Å². The van der Waals surface area contributed by atoms with Crippen LogP contribution in [0.4, 0.5) is 5.69 Å². The van der Waals surface area contributed by atoms with Crippen LogP contribution in [-0.4, -0.2) is 63.7 Å². The third kappa shape index (κ3) is 7.61. The van der Waals surface area contributed by atoms with Gasteiger partial charge in [0.2, 0.25) is 21.8 Å². The maximum Gasteiger partial charge on any atom is 0.244 e. The number of ether oxygens (including phenoxy) is 2. The van der Waals surface area contributed by atoms with E-state index < -0.39 is 28.5 Å². The number of anilines is 1. The highest BCUT2D eigenvalue weighted by atomic mass is 32.2. The first-order chi connectivity index (χ1) is 17.6. The fraction of sp³-hybridized carbons (Fsp3) is 0.481. The highest BCUT2D eigenvalue weighted by Crippen LogP contribution is 2.34. The summed E-state index contributed by atoms with van der Waals surface area (Å²) in [4.78, 5) is 28.3. The van der Waals surface area contributed by atoms with E-state index in [1.165, 1.54) is 4.90 Å². The lowest BCUT2D eigenvalue weighted by atomic mass is 10.1. The van der Waals surface area contributed by atoms with Gasteiger partial charge in [0.1, 0.15) is 25.8 Å². The van der Waals surface area contributed by atoms with Crippen molar-refractivity contribution in [1.29, 1.82) is 0 Å². The number of sulfonamides is 1. The molecule has 10 heteroatoms. The number of benzene rings is 2. The number of unbranched alkanes of at least 4 members (excludes halogenated alkanes) is 1. The summed E-state index contributed by atoms with van der Waals surface area (Å²) in [7, 11) is -3.83. The second-order valence-electron chi connectivity index (χ2n) is 9.18. The lowest BCUT2D eigenvalue weighted by molar-refractivity contribution is -0.140. The Bertz CT molecular complexity index is 1200. The van der Waals surface area contributed by atoms with Crippen molar-refractivity contribution in [2.24, 2.45) is 0 Å². The molecule has 0 aliphatic carbocycles. The minimum atomic E-state index is -3.83. The van der Waals surface area contributed by atoms with Crippen molar-refractivity contribution in [2.45, 2.75) is 52.6 Å². The van der Waals surface area contributed by atoms with E-state index in [0.29, 0.717) is 37.7 Å². The molecule has 37 heavy (non-hydrogen) atoms. The van der Waals surface area contributed by atoms with E-state index in [9.17, 15) is 18.0 Å². The monoisotopic (exact) mass is 531 g/mol. The normalized spacial score (nSPS) is 13.5. The third-order valence-corrected chi connectivity index (χ3v) is 7.28. The molecular weight excluding hydrogens is 494 g/mol. The average Bonchev–Trinajstić information content (AvgIpc) is 2.86. The van der Waals surface area contributed by atoms with Gasteiger partial charge in [0.05, 0.1) is 11.9 Å². The molecule has 3 rings (SSSR count).